The molecule has 0 aromatic rings. The maximum atomic E-state index is 11.1. The highest BCUT2D eigenvalue weighted by atomic mass is 31.1. The van der Waals surface area contributed by atoms with Crippen molar-refractivity contribution in [3.8, 4) is 0 Å². The van der Waals surface area contributed by atoms with Gasteiger partial charge in [-0.05, 0) is 6.92 Å². The summed E-state index contributed by atoms with van der Waals surface area (Å²) >= 11 is 0. The van der Waals surface area contributed by atoms with Crippen LogP contribution in [0.3, 0.4) is 0 Å². The Morgan fingerprint density at radius 1 is 1.56 bits per heavy atom. The third-order valence-corrected chi connectivity index (χ3v) is 2.44. The summed E-state index contributed by atoms with van der Waals surface area (Å²) in [5.74, 6) is -2.66. The molecule has 16 heavy (non-hydrogen) atoms. The van der Waals surface area contributed by atoms with Crippen LogP contribution in [0.5, 0.6) is 0 Å². The minimum Gasteiger partial charge on any atom is -0.593 e. The van der Waals surface area contributed by atoms with Gasteiger partial charge in [-0.1, -0.05) is 11.1 Å². The molecule has 0 aromatic heterocycles. The summed E-state index contributed by atoms with van der Waals surface area (Å²) in [5, 5.41) is 6.00. The Kier molecular flexibility index (Phi) is 5.19. The highest BCUT2D eigenvalue weighted by molar-refractivity contribution is 7.40. The van der Waals surface area contributed by atoms with E-state index in [2.05, 4.69) is 16.4 Å². The van der Waals surface area contributed by atoms with Crippen molar-refractivity contribution in [2.24, 2.45) is 5.73 Å². The lowest BCUT2D eigenvalue weighted by Crippen LogP contribution is -2.51. The SMILES string of the molecule is C=C(C)C(=O)OOC(=O)C(N)(CO)[P+](=O)[O-]. The summed E-state index contributed by atoms with van der Waals surface area (Å²) in [6.07, 6.45) is 0. The van der Waals surface area contributed by atoms with Gasteiger partial charge >= 0.3 is 25.2 Å². The van der Waals surface area contributed by atoms with E-state index >= 15 is 0 Å². The van der Waals surface area contributed by atoms with Crippen LogP contribution in [0.2, 0.25) is 0 Å². The maximum Gasteiger partial charge on any atom is 0.426 e. The first-order valence-electron chi connectivity index (χ1n) is 3.88. The van der Waals surface area contributed by atoms with E-state index in [1.54, 1.807) is 0 Å². The molecule has 0 fully saturated rings. The standard InChI is InChI=1S/C7H10NO7P/c1-4(2)5(10)14-15-6(11)7(8,3-9)16(12)13/h9H,1,3,8H2,2H3. The number of nitrogens with two attached hydrogens (primary N) is 1. The summed E-state index contributed by atoms with van der Waals surface area (Å²) in [6.45, 7) is 3.27. The van der Waals surface area contributed by atoms with Crippen LogP contribution in [0, 0.1) is 0 Å². The molecule has 0 spiro atoms. The quantitative estimate of drug-likeness (QED) is 0.261. The van der Waals surface area contributed by atoms with Crippen LogP contribution < -0.4 is 10.6 Å². The molecule has 0 aliphatic carbocycles. The van der Waals surface area contributed by atoms with E-state index in [-0.39, 0.29) is 5.57 Å². The predicted octanol–water partition coefficient (Wildman–Crippen LogP) is -1.69. The van der Waals surface area contributed by atoms with Crippen LogP contribution in [0.1, 0.15) is 6.92 Å². The molecule has 2 atom stereocenters. The number of hydrogen-bond acceptors (Lipinski definition) is 8. The van der Waals surface area contributed by atoms with Crippen LogP contribution in [-0.4, -0.2) is 28.9 Å². The minimum atomic E-state index is -3.49. The Balaban J connectivity index is 4.52. The molecular formula is C7H10NO7P. The molecule has 9 heteroatoms. The number of rotatable bonds is 4. The van der Waals surface area contributed by atoms with Crippen LogP contribution in [0.15, 0.2) is 12.2 Å². The third-order valence-electron chi connectivity index (χ3n) is 1.46. The molecule has 0 radical (unpaired) electrons. The van der Waals surface area contributed by atoms with E-state index in [4.69, 9.17) is 10.8 Å². The molecule has 0 amide bonds. The number of aliphatic hydroxyl groups excluding tert-OH is 1. The van der Waals surface area contributed by atoms with E-state index in [9.17, 15) is 19.0 Å². The van der Waals surface area contributed by atoms with Gasteiger partial charge in [-0.15, -0.1) is 0 Å². The van der Waals surface area contributed by atoms with E-state index in [1.807, 2.05) is 0 Å². The number of carbonyl (C=O) groups excluding carboxylic acids is 2. The van der Waals surface area contributed by atoms with Gasteiger partial charge in [0.05, 0.1) is 0 Å². The monoisotopic (exact) mass is 251 g/mol. The second-order valence-corrected chi connectivity index (χ2v) is 4.17. The van der Waals surface area contributed by atoms with Gasteiger partial charge < -0.3 is 10.00 Å². The lowest BCUT2D eigenvalue weighted by atomic mass is 10.3. The van der Waals surface area contributed by atoms with Crippen molar-refractivity contribution in [1.29, 1.82) is 0 Å². The van der Waals surface area contributed by atoms with Gasteiger partial charge in [0, 0.05) is 5.57 Å². The van der Waals surface area contributed by atoms with Gasteiger partial charge in [0.15, 0.2) is 0 Å². The van der Waals surface area contributed by atoms with Gasteiger partial charge in [0.1, 0.15) is 6.61 Å². The summed E-state index contributed by atoms with van der Waals surface area (Å²) in [4.78, 5) is 40.2. The van der Waals surface area contributed by atoms with Gasteiger partial charge in [-0.25, -0.2) is 19.4 Å². The zero-order valence-electron chi connectivity index (χ0n) is 8.34. The first kappa shape index (κ1) is 14.7. The van der Waals surface area contributed by atoms with E-state index in [1.165, 1.54) is 6.92 Å². The topological polar surface area (TPSA) is 139 Å². The molecule has 90 valence electrons. The van der Waals surface area contributed by atoms with Crippen molar-refractivity contribution in [3.63, 3.8) is 0 Å². The molecule has 2 unspecified atom stereocenters. The van der Waals surface area contributed by atoms with Crippen LogP contribution in [0.4, 0.5) is 0 Å². The Morgan fingerprint density at radius 2 is 2.06 bits per heavy atom. The Bertz CT molecular complexity index is 342. The highest BCUT2D eigenvalue weighted by Gasteiger charge is 2.50. The van der Waals surface area contributed by atoms with Gasteiger partial charge in [0.2, 0.25) is 0 Å². The molecule has 3 N–H and O–H groups in total. The van der Waals surface area contributed by atoms with E-state index < -0.39 is 31.9 Å². The minimum absolute atomic E-state index is 0.0640. The third kappa shape index (κ3) is 3.35. The van der Waals surface area contributed by atoms with Crippen molar-refractivity contribution < 1.29 is 33.9 Å². The fourth-order valence-corrected chi connectivity index (χ4v) is 0.718. The molecule has 0 saturated heterocycles. The van der Waals surface area contributed by atoms with Crippen LogP contribution >= 0.6 is 8.03 Å². The summed E-state index contributed by atoms with van der Waals surface area (Å²) in [7, 11) is -3.49. The number of aliphatic hydroxyl groups is 1. The summed E-state index contributed by atoms with van der Waals surface area (Å²) < 4.78 is 10.6. The molecule has 8 nitrogen and oxygen atoms in total. The van der Waals surface area contributed by atoms with E-state index in [0.717, 1.165) is 0 Å². The molecular weight excluding hydrogens is 241 g/mol. The Labute approximate surface area is 91.4 Å². The normalized spacial score (nSPS) is 14.6. The molecule has 0 aromatic carbocycles. The van der Waals surface area contributed by atoms with Crippen LogP contribution in [0.25, 0.3) is 0 Å². The lowest BCUT2D eigenvalue weighted by Gasteiger charge is -2.14. The van der Waals surface area contributed by atoms with Crippen molar-refractivity contribution >= 4 is 20.0 Å². The average molecular weight is 251 g/mol. The second kappa shape index (κ2) is 5.66. The largest absolute Gasteiger partial charge is 0.593 e. The highest BCUT2D eigenvalue weighted by Crippen LogP contribution is 2.27. The van der Waals surface area contributed by atoms with Gasteiger partial charge in [-0.3, -0.25) is 5.73 Å². The zero-order chi connectivity index (χ0) is 12.9. The fourth-order valence-electron chi connectivity index (χ4n) is 0.416. The van der Waals surface area contributed by atoms with Gasteiger partial charge in [-0.2, -0.15) is 0 Å². The second-order valence-electron chi connectivity index (χ2n) is 2.86. The zero-order valence-corrected chi connectivity index (χ0v) is 9.23. The molecule has 0 aliphatic rings. The van der Waals surface area contributed by atoms with Gasteiger partial charge in [0.25, 0.3) is 0 Å². The molecule has 0 heterocycles. The Morgan fingerprint density at radius 3 is 2.38 bits per heavy atom. The number of carbonyl (C=O) groups is 2. The summed E-state index contributed by atoms with van der Waals surface area (Å²) in [6, 6.07) is 0. The lowest BCUT2D eigenvalue weighted by molar-refractivity contribution is -0.260. The Hall–Kier alpha value is -1.34. The van der Waals surface area contributed by atoms with Crippen LogP contribution in [-0.2, 0) is 23.9 Å². The fraction of sp³-hybridized carbons (Fsp3) is 0.429. The van der Waals surface area contributed by atoms with Crippen molar-refractivity contribution in [1.82, 2.24) is 0 Å². The molecule has 0 bridgehead atoms. The molecule has 0 aliphatic heterocycles. The first-order chi connectivity index (χ1) is 7.25. The number of hydrogen-bond donors (Lipinski definition) is 2. The maximum absolute atomic E-state index is 11.1. The first-order valence-corrected chi connectivity index (χ1v) is 5.06. The van der Waals surface area contributed by atoms with Crippen molar-refractivity contribution in [2.75, 3.05) is 6.61 Å². The predicted molar refractivity (Wildman–Crippen MR) is 48.6 cm³/mol. The average Bonchev–Trinajstić information content (AvgIpc) is 2.23. The van der Waals surface area contributed by atoms with E-state index in [0.29, 0.717) is 0 Å². The summed E-state index contributed by atoms with van der Waals surface area (Å²) in [5.41, 5.74) is 4.95. The van der Waals surface area contributed by atoms with Crippen molar-refractivity contribution in [2.45, 2.75) is 12.2 Å². The molecule has 0 rings (SSSR count). The van der Waals surface area contributed by atoms with Crippen molar-refractivity contribution in [3.05, 3.63) is 12.2 Å². The smallest absolute Gasteiger partial charge is 0.426 e. The molecule has 0 saturated carbocycles.